The minimum Gasteiger partial charge on any atom is -0.462 e. The fourth-order valence-corrected chi connectivity index (χ4v) is 3.81. The van der Waals surface area contributed by atoms with E-state index in [1.165, 1.54) is 0 Å². The highest BCUT2D eigenvalue weighted by atomic mass is 16.5. The summed E-state index contributed by atoms with van der Waals surface area (Å²) in [5.74, 6) is -0.610. The first-order valence-electron chi connectivity index (χ1n) is 12.1. The fraction of sp³-hybridized carbons (Fsp3) is 0.423. The van der Waals surface area contributed by atoms with Crippen molar-refractivity contribution in [1.82, 2.24) is 10.2 Å². The topological polar surface area (TPSA) is 112 Å². The standard InChI is InChI=1S/C26H35N5O5/c1-4-36-25(33)19-6-8-20(9-7-19)28-26(34)29-21-10-11-23(30(2)3)22(18-21)24(32)27-12-5-13-31-14-16-35-17-15-31/h6-11,18H,4-5,12-17H2,1-3H3,(H,27,32)(H2,28,29,34). The maximum absolute atomic E-state index is 12.9. The van der Waals surface area contributed by atoms with Crippen LogP contribution >= 0.6 is 0 Å². The Morgan fingerprint density at radius 1 is 1.00 bits per heavy atom. The third kappa shape index (κ3) is 7.96. The van der Waals surface area contributed by atoms with E-state index in [-0.39, 0.29) is 5.91 Å². The molecule has 3 N–H and O–H groups in total. The molecular formula is C26H35N5O5. The van der Waals surface area contributed by atoms with Crippen LogP contribution in [0.1, 0.15) is 34.1 Å². The largest absolute Gasteiger partial charge is 0.462 e. The van der Waals surface area contributed by atoms with E-state index < -0.39 is 12.0 Å². The number of hydrogen-bond acceptors (Lipinski definition) is 7. The first-order chi connectivity index (χ1) is 17.4. The Morgan fingerprint density at radius 3 is 2.33 bits per heavy atom. The number of morpholine rings is 1. The number of carbonyl (C=O) groups excluding carboxylic acids is 3. The molecule has 3 rings (SSSR count). The highest BCUT2D eigenvalue weighted by Crippen LogP contribution is 2.23. The molecule has 1 aliphatic rings. The van der Waals surface area contributed by atoms with Gasteiger partial charge in [-0.05, 0) is 62.4 Å². The van der Waals surface area contributed by atoms with Crippen LogP contribution in [0.2, 0.25) is 0 Å². The summed E-state index contributed by atoms with van der Waals surface area (Å²) in [7, 11) is 3.73. The van der Waals surface area contributed by atoms with Crippen molar-refractivity contribution < 1.29 is 23.9 Å². The quantitative estimate of drug-likeness (QED) is 0.342. The molecule has 1 heterocycles. The van der Waals surface area contributed by atoms with Gasteiger partial charge in [0.25, 0.3) is 5.91 Å². The molecular weight excluding hydrogens is 462 g/mol. The van der Waals surface area contributed by atoms with Crippen molar-refractivity contribution in [2.45, 2.75) is 13.3 Å². The lowest BCUT2D eigenvalue weighted by Gasteiger charge is -2.26. The van der Waals surface area contributed by atoms with Crippen LogP contribution < -0.4 is 20.9 Å². The van der Waals surface area contributed by atoms with Gasteiger partial charge in [0.05, 0.1) is 30.9 Å². The Morgan fingerprint density at radius 2 is 1.67 bits per heavy atom. The van der Waals surface area contributed by atoms with Gasteiger partial charge in [0.2, 0.25) is 0 Å². The van der Waals surface area contributed by atoms with E-state index in [1.807, 2.05) is 19.0 Å². The Kier molecular flexibility index (Phi) is 10.1. The molecule has 1 fully saturated rings. The summed E-state index contributed by atoms with van der Waals surface area (Å²) in [6.45, 7) is 6.85. The number of nitrogens with one attached hydrogen (secondary N) is 3. The number of nitrogens with zero attached hydrogens (tertiary/aromatic N) is 2. The molecule has 0 aliphatic carbocycles. The van der Waals surface area contributed by atoms with Gasteiger partial charge in [0.15, 0.2) is 0 Å². The number of ether oxygens (including phenoxy) is 2. The lowest BCUT2D eigenvalue weighted by atomic mass is 10.1. The van der Waals surface area contributed by atoms with Crippen LogP contribution in [0.4, 0.5) is 21.9 Å². The minimum absolute atomic E-state index is 0.195. The zero-order valence-electron chi connectivity index (χ0n) is 21.1. The van der Waals surface area contributed by atoms with Crippen molar-refractivity contribution in [2.75, 3.05) is 75.6 Å². The maximum atomic E-state index is 12.9. The van der Waals surface area contributed by atoms with Crippen LogP contribution in [0.25, 0.3) is 0 Å². The second kappa shape index (κ2) is 13.5. The number of esters is 1. The van der Waals surface area contributed by atoms with Crippen molar-refractivity contribution in [3.8, 4) is 0 Å². The highest BCUT2D eigenvalue weighted by Gasteiger charge is 2.16. The van der Waals surface area contributed by atoms with E-state index >= 15 is 0 Å². The zero-order chi connectivity index (χ0) is 25.9. The average Bonchev–Trinajstić information content (AvgIpc) is 2.87. The Labute approximate surface area is 211 Å². The van der Waals surface area contributed by atoms with Crippen molar-refractivity contribution in [3.05, 3.63) is 53.6 Å². The molecule has 1 aliphatic heterocycles. The number of rotatable bonds is 10. The molecule has 194 valence electrons. The first-order valence-corrected chi connectivity index (χ1v) is 12.1. The SMILES string of the molecule is CCOC(=O)c1ccc(NC(=O)Nc2ccc(N(C)C)c(C(=O)NCCCN3CCOCC3)c2)cc1. The predicted molar refractivity (Wildman–Crippen MR) is 140 cm³/mol. The van der Waals surface area contributed by atoms with Crippen LogP contribution in [0.3, 0.4) is 0 Å². The number of anilines is 3. The van der Waals surface area contributed by atoms with Crippen molar-refractivity contribution in [2.24, 2.45) is 0 Å². The molecule has 10 nitrogen and oxygen atoms in total. The lowest BCUT2D eigenvalue weighted by Crippen LogP contribution is -2.38. The van der Waals surface area contributed by atoms with Gasteiger partial charge in [-0.2, -0.15) is 0 Å². The number of carbonyl (C=O) groups is 3. The summed E-state index contributed by atoms with van der Waals surface area (Å²) in [4.78, 5) is 41.4. The smallest absolute Gasteiger partial charge is 0.338 e. The van der Waals surface area contributed by atoms with Crippen LogP contribution in [-0.2, 0) is 9.47 Å². The van der Waals surface area contributed by atoms with Gasteiger partial charge in [-0.3, -0.25) is 9.69 Å². The van der Waals surface area contributed by atoms with Gasteiger partial charge in [0.1, 0.15) is 0 Å². The average molecular weight is 498 g/mol. The third-order valence-electron chi connectivity index (χ3n) is 5.68. The van der Waals surface area contributed by atoms with E-state index in [0.29, 0.717) is 35.7 Å². The number of benzene rings is 2. The predicted octanol–water partition coefficient (Wildman–Crippen LogP) is 3.03. The number of urea groups is 1. The summed E-state index contributed by atoms with van der Waals surface area (Å²) >= 11 is 0. The van der Waals surface area contributed by atoms with Gasteiger partial charge in [-0.15, -0.1) is 0 Å². The van der Waals surface area contributed by atoms with Crippen molar-refractivity contribution in [3.63, 3.8) is 0 Å². The summed E-state index contributed by atoms with van der Waals surface area (Å²) in [5, 5.41) is 8.47. The summed E-state index contributed by atoms with van der Waals surface area (Å²) in [6.07, 6.45) is 0.846. The highest BCUT2D eigenvalue weighted by molar-refractivity contribution is 6.04. The molecule has 0 unspecified atom stereocenters. The molecule has 0 saturated carbocycles. The van der Waals surface area contributed by atoms with E-state index in [0.717, 1.165) is 45.0 Å². The second-order valence-corrected chi connectivity index (χ2v) is 8.57. The summed E-state index contributed by atoms with van der Waals surface area (Å²) < 4.78 is 10.3. The van der Waals surface area contributed by atoms with Gasteiger partial charge in [-0.25, -0.2) is 9.59 Å². The van der Waals surface area contributed by atoms with Gasteiger partial charge in [0, 0.05) is 50.8 Å². The molecule has 36 heavy (non-hydrogen) atoms. The molecule has 0 radical (unpaired) electrons. The number of hydrogen-bond donors (Lipinski definition) is 3. The van der Waals surface area contributed by atoms with Crippen LogP contribution in [-0.4, -0.2) is 82.9 Å². The van der Waals surface area contributed by atoms with E-state index in [4.69, 9.17) is 9.47 Å². The first kappa shape index (κ1) is 27.0. The maximum Gasteiger partial charge on any atom is 0.338 e. The van der Waals surface area contributed by atoms with E-state index in [1.54, 1.807) is 49.4 Å². The molecule has 2 aromatic carbocycles. The third-order valence-corrected chi connectivity index (χ3v) is 5.68. The van der Waals surface area contributed by atoms with Crippen LogP contribution in [0, 0.1) is 0 Å². The van der Waals surface area contributed by atoms with Crippen LogP contribution in [0.15, 0.2) is 42.5 Å². The minimum atomic E-state index is -0.464. The Hall–Kier alpha value is -3.63. The zero-order valence-corrected chi connectivity index (χ0v) is 21.1. The summed E-state index contributed by atoms with van der Waals surface area (Å²) in [5.41, 5.74) is 2.63. The molecule has 10 heteroatoms. The fourth-order valence-electron chi connectivity index (χ4n) is 3.81. The van der Waals surface area contributed by atoms with E-state index in [2.05, 4.69) is 20.9 Å². The lowest BCUT2D eigenvalue weighted by molar-refractivity contribution is 0.0374. The van der Waals surface area contributed by atoms with Gasteiger partial charge >= 0.3 is 12.0 Å². The van der Waals surface area contributed by atoms with E-state index in [9.17, 15) is 14.4 Å². The molecule has 3 amide bonds. The Balaban J connectivity index is 1.57. The molecule has 0 spiro atoms. The number of amides is 3. The monoisotopic (exact) mass is 497 g/mol. The Bertz CT molecular complexity index is 1040. The molecule has 0 bridgehead atoms. The second-order valence-electron chi connectivity index (χ2n) is 8.57. The van der Waals surface area contributed by atoms with Crippen LogP contribution in [0.5, 0.6) is 0 Å². The van der Waals surface area contributed by atoms with Gasteiger partial charge in [-0.1, -0.05) is 0 Å². The van der Waals surface area contributed by atoms with Gasteiger partial charge < -0.3 is 30.3 Å². The molecule has 1 saturated heterocycles. The molecule has 0 aromatic heterocycles. The van der Waals surface area contributed by atoms with Crippen molar-refractivity contribution >= 4 is 35.0 Å². The van der Waals surface area contributed by atoms with Crippen molar-refractivity contribution in [1.29, 1.82) is 0 Å². The molecule has 2 aromatic rings. The summed E-state index contributed by atoms with van der Waals surface area (Å²) in [6, 6.07) is 11.2. The molecule has 0 atom stereocenters. The normalized spacial score (nSPS) is 13.5.